The van der Waals surface area contributed by atoms with Crippen LogP contribution in [0.1, 0.15) is 11.4 Å². The Labute approximate surface area is 110 Å². The van der Waals surface area contributed by atoms with E-state index in [-0.39, 0.29) is 16.5 Å². The van der Waals surface area contributed by atoms with E-state index >= 15 is 0 Å². The largest absolute Gasteiger partial charge is 0.506 e. The number of pyridine rings is 1. The molecule has 0 aliphatic heterocycles. The molecule has 1 aromatic heterocycles. The highest BCUT2D eigenvalue weighted by atomic mass is 35.5. The van der Waals surface area contributed by atoms with Crippen molar-refractivity contribution in [1.29, 1.82) is 0 Å². The van der Waals surface area contributed by atoms with Gasteiger partial charge in [0, 0.05) is 11.4 Å². The van der Waals surface area contributed by atoms with E-state index < -0.39 is 0 Å². The van der Waals surface area contributed by atoms with Gasteiger partial charge in [-0.2, -0.15) is 0 Å². The van der Waals surface area contributed by atoms with Gasteiger partial charge in [-0.25, -0.2) is 0 Å². The highest BCUT2D eigenvalue weighted by Crippen LogP contribution is 2.26. The van der Waals surface area contributed by atoms with Gasteiger partial charge in [-0.3, -0.25) is 4.98 Å². The van der Waals surface area contributed by atoms with Gasteiger partial charge in [-0.05, 0) is 37.3 Å². The quantitative estimate of drug-likeness (QED) is 0.746. The number of nitrogens with one attached hydrogen (secondary N) is 1. The summed E-state index contributed by atoms with van der Waals surface area (Å²) in [4.78, 5) is 4.23. The van der Waals surface area contributed by atoms with Crippen LogP contribution in [0.15, 0.2) is 30.3 Å². The first-order valence-electron chi connectivity index (χ1n) is 5.44. The van der Waals surface area contributed by atoms with E-state index in [9.17, 15) is 10.2 Å². The fraction of sp³-hybridized carbons (Fsp3) is 0.154. The van der Waals surface area contributed by atoms with Crippen LogP contribution < -0.4 is 5.32 Å². The van der Waals surface area contributed by atoms with Gasteiger partial charge in [0.05, 0.1) is 11.6 Å². The molecule has 18 heavy (non-hydrogen) atoms. The Bertz CT molecular complexity index is 573. The molecule has 4 nitrogen and oxygen atoms in total. The lowest BCUT2D eigenvalue weighted by Crippen LogP contribution is -2.02. The average molecular weight is 265 g/mol. The summed E-state index contributed by atoms with van der Waals surface area (Å²) < 4.78 is 0. The Hall–Kier alpha value is -1.94. The first-order chi connectivity index (χ1) is 8.56. The van der Waals surface area contributed by atoms with Gasteiger partial charge in [0.1, 0.15) is 17.2 Å². The van der Waals surface area contributed by atoms with Crippen LogP contribution >= 0.6 is 11.6 Å². The molecule has 94 valence electrons. The molecule has 0 bridgehead atoms. The molecular weight excluding hydrogens is 252 g/mol. The summed E-state index contributed by atoms with van der Waals surface area (Å²) in [5.74, 6) is 0.191. The van der Waals surface area contributed by atoms with Crippen LogP contribution in [0.5, 0.6) is 11.5 Å². The zero-order valence-electron chi connectivity index (χ0n) is 9.81. The number of aromatic hydroxyl groups is 2. The van der Waals surface area contributed by atoms with E-state index in [1.165, 1.54) is 6.07 Å². The molecule has 0 saturated heterocycles. The van der Waals surface area contributed by atoms with Crippen molar-refractivity contribution in [3.63, 3.8) is 0 Å². The van der Waals surface area contributed by atoms with Gasteiger partial charge < -0.3 is 15.5 Å². The minimum Gasteiger partial charge on any atom is -0.506 e. The predicted octanol–water partition coefficient (Wildman–Crippen LogP) is 3.07. The van der Waals surface area contributed by atoms with Gasteiger partial charge in [-0.1, -0.05) is 11.6 Å². The molecule has 1 aromatic carbocycles. The number of anilines is 1. The second-order valence-corrected chi connectivity index (χ2v) is 4.35. The van der Waals surface area contributed by atoms with Gasteiger partial charge in [0.2, 0.25) is 0 Å². The molecule has 0 saturated carbocycles. The number of hydrogen-bond donors (Lipinski definition) is 3. The Kier molecular flexibility index (Phi) is 3.58. The zero-order valence-corrected chi connectivity index (χ0v) is 10.6. The van der Waals surface area contributed by atoms with E-state index in [2.05, 4.69) is 10.3 Å². The molecule has 0 atom stereocenters. The van der Waals surface area contributed by atoms with E-state index in [1.807, 2.05) is 6.92 Å². The summed E-state index contributed by atoms with van der Waals surface area (Å²) >= 11 is 5.80. The Morgan fingerprint density at radius 1 is 1.17 bits per heavy atom. The van der Waals surface area contributed by atoms with Crippen LogP contribution in [0.25, 0.3) is 0 Å². The summed E-state index contributed by atoms with van der Waals surface area (Å²) in [5, 5.41) is 22.3. The lowest BCUT2D eigenvalue weighted by atomic mass is 10.2. The van der Waals surface area contributed by atoms with Crippen LogP contribution in [0.2, 0.25) is 5.02 Å². The molecular formula is C13H13ClN2O2. The SMILES string of the molecule is Cc1ccc(O)c(CNc2ccc(O)c(Cl)c2)n1. The highest BCUT2D eigenvalue weighted by Gasteiger charge is 2.04. The Balaban J connectivity index is 2.11. The summed E-state index contributed by atoms with van der Waals surface area (Å²) in [7, 11) is 0. The number of phenolic OH excluding ortho intramolecular Hbond substituents is 1. The first kappa shape index (κ1) is 12.5. The zero-order chi connectivity index (χ0) is 13.1. The molecule has 0 unspecified atom stereocenters. The molecule has 0 fully saturated rings. The number of aromatic nitrogens is 1. The summed E-state index contributed by atoms with van der Waals surface area (Å²) in [6, 6.07) is 8.19. The van der Waals surface area contributed by atoms with Crippen molar-refractivity contribution >= 4 is 17.3 Å². The number of benzene rings is 1. The Morgan fingerprint density at radius 3 is 2.61 bits per heavy atom. The molecule has 5 heteroatoms. The standard InChI is InChI=1S/C13H13ClN2O2/c1-8-2-4-13(18)11(16-8)7-15-9-3-5-12(17)10(14)6-9/h2-6,15,17-18H,7H2,1H3. The maximum absolute atomic E-state index is 9.64. The van der Waals surface area contributed by atoms with E-state index in [0.717, 1.165) is 11.4 Å². The number of rotatable bonds is 3. The van der Waals surface area contributed by atoms with Crippen LogP contribution in [-0.4, -0.2) is 15.2 Å². The van der Waals surface area contributed by atoms with E-state index in [4.69, 9.17) is 11.6 Å². The van der Waals surface area contributed by atoms with Crippen LogP contribution in [0.3, 0.4) is 0 Å². The van der Waals surface area contributed by atoms with Crippen molar-refractivity contribution in [3.8, 4) is 11.5 Å². The van der Waals surface area contributed by atoms with Gasteiger partial charge in [0.25, 0.3) is 0 Å². The van der Waals surface area contributed by atoms with Crippen molar-refractivity contribution in [2.24, 2.45) is 0 Å². The highest BCUT2D eigenvalue weighted by molar-refractivity contribution is 6.32. The number of aryl methyl sites for hydroxylation is 1. The van der Waals surface area contributed by atoms with E-state index in [1.54, 1.807) is 24.3 Å². The molecule has 3 N–H and O–H groups in total. The average Bonchev–Trinajstić information content (AvgIpc) is 2.34. The second kappa shape index (κ2) is 5.14. The maximum atomic E-state index is 9.64. The van der Waals surface area contributed by atoms with Crippen LogP contribution in [0.4, 0.5) is 5.69 Å². The summed E-state index contributed by atoms with van der Waals surface area (Å²) in [5.41, 5.74) is 2.16. The third kappa shape index (κ3) is 2.84. The van der Waals surface area contributed by atoms with Crippen LogP contribution in [-0.2, 0) is 6.54 Å². The van der Waals surface area contributed by atoms with Crippen molar-refractivity contribution in [1.82, 2.24) is 4.98 Å². The predicted molar refractivity (Wildman–Crippen MR) is 71.1 cm³/mol. The third-order valence-corrected chi connectivity index (χ3v) is 2.80. The molecule has 0 spiro atoms. The molecule has 0 amide bonds. The van der Waals surface area contributed by atoms with Gasteiger partial charge in [-0.15, -0.1) is 0 Å². The molecule has 0 aliphatic rings. The van der Waals surface area contributed by atoms with Gasteiger partial charge >= 0.3 is 0 Å². The van der Waals surface area contributed by atoms with Crippen molar-refractivity contribution in [3.05, 3.63) is 46.7 Å². The second-order valence-electron chi connectivity index (χ2n) is 3.94. The summed E-state index contributed by atoms with van der Waals surface area (Å²) in [6.07, 6.45) is 0. The van der Waals surface area contributed by atoms with Crippen LogP contribution in [0, 0.1) is 6.92 Å². The number of nitrogens with zero attached hydrogens (tertiary/aromatic N) is 1. The number of hydrogen-bond acceptors (Lipinski definition) is 4. The minimum absolute atomic E-state index is 0.0405. The normalized spacial score (nSPS) is 10.3. The minimum atomic E-state index is 0.0405. The lowest BCUT2D eigenvalue weighted by molar-refractivity contribution is 0.464. The van der Waals surface area contributed by atoms with Gasteiger partial charge in [0.15, 0.2) is 0 Å². The smallest absolute Gasteiger partial charge is 0.138 e. The van der Waals surface area contributed by atoms with Crippen molar-refractivity contribution in [2.75, 3.05) is 5.32 Å². The first-order valence-corrected chi connectivity index (χ1v) is 5.82. The molecule has 1 heterocycles. The molecule has 0 aliphatic carbocycles. The summed E-state index contributed by atoms with van der Waals surface area (Å²) in [6.45, 7) is 2.25. The molecule has 2 aromatic rings. The number of phenols is 1. The van der Waals surface area contributed by atoms with Crippen molar-refractivity contribution in [2.45, 2.75) is 13.5 Å². The fourth-order valence-electron chi connectivity index (χ4n) is 1.54. The maximum Gasteiger partial charge on any atom is 0.138 e. The lowest BCUT2D eigenvalue weighted by Gasteiger charge is -2.09. The molecule has 2 rings (SSSR count). The van der Waals surface area contributed by atoms with E-state index in [0.29, 0.717) is 12.2 Å². The Morgan fingerprint density at radius 2 is 1.89 bits per heavy atom. The molecule has 0 radical (unpaired) electrons. The van der Waals surface area contributed by atoms with Crippen molar-refractivity contribution < 1.29 is 10.2 Å². The number of halogens is 1. The third-order valence-electron chi connectivity index (χ3n) is 2.50. The fourth-order valence-corrected chi connectivity index (χ4v) is 1.72. The monoisotopic (exact) mass is 264 g/mol. The topological polar surface area (TPSA) is 65.4 Å².